The summed E-state index contributed by atoms with van der Waals surface area (Å²) in [6.45, 7) is 1.25. The number of pyridine rings is 1. The minimum absolute atomic E-state index is 0.0497. The molecule has 0 unspecified atom stereocenters. The number of anilines is 2. The van der Waals surface area contributed by atoms with Crippen molar-refractivity contribution in [2.45, 2.75) is 36.9 Å². The van der Waals surface area contributed by atoms with Gasteiger partial charge in [0.15, 0.2) is 5.03 Å². The van der Waals surface area contributed by atoms with E-state index in [-0.39, 0.29) is 23.8 Å². The van der Waals surface area contributed by atoms with E-state index in [0.717, 1.165) is 30.5 Å². The summed E-state index contributed by atoms with van der Waals surface area (Å²) < 4.78 is 72.0. The fourth-order valence-electron chi connectivity index (χ4n) is 3.89. The summed E-state index contributed by atoms with van der Waals surface area (Å²) in [5.41, 5.74) is 1.54. The summed E-state index contributed by atoms with van der Waals surface area (Å²) in [5, 5.41) is 3.06. The van der Waals surface area contributed by atoms with E-state index in [1.54, 1.807) is 6.07 Å². The van der Waals surface area contributed by atoms with Crippen molar-refractivity contribution < 1.29 is 26.3 Å². The van der Waals surface area contributed by atoms with Crippen LogP contribution in [0.3, 0.4) is 0 Å². The minimum Gasteiger partial charge on any atom is -0.379 e. The van der Waals surface area contributed by atoms with Crippen LogP contribution < -0.4 is 5.32 Å². The predicted octanol–water partition coefficient (Wildman–Crippen LogP) is 3.74. The van der Waals surface area contributed by atoms with E-state index >= 15 is 0 Å². The van der Waals surface area contributed by atoms with Gasteiger partial charge in [0, 0.05) is 18.8 Å². The van der Waals surface area contributed by atoms with Crippen LogP contribution in [0, 0.1) is 0 Å². The van der Waals surface area contributed by atoms with Crippen LogP contribution >= 0.6 is 0 Å². The van der Waals surface area contributed by atoms with E-state index < -0.39 is 21.8 Å². The third kappa shape index (κ3) is 4.17. The van der Waals surface area contributed by atoms with Gasteiger partial charge in [-0.15, -0.1) is 0 Å². The van der Waals surface area contributed by atoms with Gasteiger partial charge >= 0.3 is 6.18 Å². The van der Waals surface area contributed by atoms with Crippen LogP contribution in [0.15, 0.2) is 35.5 Å². The average molecular weight is 441 g/mol. The van der Waals surface area contributed by atoms with Crippen LogP contribution in [0.4, 0.5) is 24.5 Å². The zero-order valence-electron chi connectivity index (χ0n) is 16.2. The summed E-state index contributed by atoms with van der Waals surface area (Å²) in [5.74, 6) is 0. The van der Waals surface area contributed by atoms with Crippen molar-refractivity contribution in [3.05, 3.63) is 47.2 Å². The Bertz CT molecular complexity index is 1040. The second-order valence-electron chi connectivity index (χ2n) is 7.36. The van der Waals surface area contributed by atoms with Crippen molar-refractivity contribution >= 4 is 21.4 Å². The molecule has 162 valence electrons. The number of morpholine rings is 1. The predicted molar refractivity (Wildman–Crippen MR) is 105 cm³/mol. The molecule has 0 spiro atoms. The second-order valence-corrected chi connectivity index (χ2v) is 9.21. The average Bonchev–Trinajstić information content (AvgIpc) is 2.74. The molecule has 6 nitrogen and oxygen atoms in total. The number of nitrogens with zero attached hydrogens (tertiary/aromatic N) is 2. The molecule has 2 aromatic rings. The second kappa shape index (κ2) is 8.16. The Hall–Kier alpha value is -2.17. The Labute approximate surface area is 173 Å². The maximum absolute atomic E-state index is 13.1. The fourth-order valence-corrected chi connectivity index (χ4v) is 5.48. The number of sulfonamides is 1. The third-order valence-corrected chi connectivity index (χ3v) is 7.27. The van der Waals surface area contributed by atoms with Gasteiger partial charge in [-0.25, -0.2) is 13.4 Å². The van der Waals surface area contributed by atoms with Crippen molar-refractivity contribution in [1.82, 2.24) is 9.29 Å². The lowest BCUT2D eigenvalue weighted by Crippen LogP contribution is -2.41. The molecular weight excluding hydrogens is 419 g/mol. The summed E-state index contributed by atoms with van der Waals surface area (Å²) in [6, 6.07) is 4.93. The molecule has 1 N–H and O–H groups in total. The van der Waals surface area contributed by atoms with Crippen molar-refractivity contribution in [3.8, 4) is 0 Å². The number of halogens is 3. The lowest BCUT2D eigenvalue weighted by Gasteiger charge is -2.28. The number of fused-ring (bicyclic) bond motifs is 1. The highest BCUT2D eigenvalue weighted by Crippen LogP contribution is 2.36. The van der Waals surface area contributed by atoms with Crippen LogP contribution in [-0.2, 0) is 33.8 Å². The van der Waals surface area contributed by atoms with Gasteiger partial charge in [-0.3, -0.25) is 0 Å². The molecule has 1 saturated heterocycles. The van der Waals surface area contributed by atoms with Crippen molar-refractivity contribution in [2.24, 2.45) is 0 Å². The van der Waals surface area contributed by atoms with Crippen LogP contribution in [0.5, 0.6) is 0 Å². The van der Waals surface area contributed by atoms with E-state index in [2.05, 4.69) is 10.3 Å². The largest absolute Gasteiger partial charge is 0.416 e. The topological polar surface area (TPSA) is 71.5 Å². The molecule has 1 aromatic carbocycles. The van der Waals surface area contributed by atoms with E-state index in [4.69, 9.17) is 4.74 Å². The Balaban J connectivity index is 1.70. The van der Waals surface area contributed by atoms with Crippen LogP contribution in [0.25, 0.3) is 0 Å². The maximum atomic E-state index is 13.1. The lowest BCUT2D eigenvalue weighted by atomic mass is 9.92. The van der Waals surface area contributed by atoms with Crippen LogP contribution in [0.2, 0.25) is 0 Å². The van der Waals surface area contributed by atoms with Gasteiger partial charge in [0.2, 0.25) is 0 Å². The molecule has 4 rings (SSSR count). The number of hydrogen-bond acceptors (Lipinski definition) is 5. The molecule has 0 bridgehead atoms. The van der Waals surface area contributed by atoms with Crippen molar-refractivity contribution in [3.63, 3.8) is 0 Å². The molecule has 1 aliphatic heterocycles. The SMILES string of the molecule is O=S(=O)(c1ncc(Nc2cccc(C(F)(F)F)c2)c2c1CCCC2)N1CCOCC1. The van der Waals surface area contributed by atoms with E-state index in [1.807, 2.05) is 0 Å². The monoisotopic (exact) mass is 441 g/mol. The van der Waals surface area contributed by atoms with Gasteiger partial charge < -0.3 is 10.1 Å². The van der Waals surface area contributed by atoms with Gasteiger partial charge in [0.1, 0.15) is 0 Å². The zero-order valence-corrected chi connectivity index (χ0v) is 17.0. The van der Waals surface area contributed by atoms with E-state index in [0.29, 0.717) is 37.3 Å². The molecular formula is C20H22F3N3O3S. The molecule has 0 radical (unpaired) electrons. The zero-order chi connectivity index (χ0) is 21.4. The number of aromatic nitrogens is 1. The highest BCUT2D eigenvalue weighted by atomic mass is 32.2. The van der Waals surface area contributed by atoms with Gasteiger partial charge in [0.05, 0.1) is 30.7 Å². The number of benzene rings is 1. The van der Waals surface area contributed by atoms with Gasteiger partial charge in [-0.2, -0.15) is 17.5 Å². The lowest BCUT2D eigenvalue weighted by molar-refractivity contribution is -0.137. The molecule has 30 heavy (non-hydrogen) atoms. The Morgan fingerprint density at radius 1 is 1.07 bits per heavy atom. The van der Waals surface area contributed by atoms with Crippen molar-refractivity contribution in [1.29, 1.82) is 0 Å². The highest BCUT2D eigenvalue weighted by Gasteiger charge is 2.33. The highest BCUT2D eigenvalue weighted by molar-refractivity contribution is 7.89. The normalized spacial score (nSPS) is 18.1. The summed E-state index contributed by atoms with van der Waals surface area (Å²) >= 11 is 0. The molecule has 2 aliphatic rings. The molecule has 2 heterocycles. The van der Waals surface area contributed by atoms with E-state index in [1.165, 1.54) is 16.6 Å². The number of hydrogen-bond donors (Lipinski definition) is 1. The molecule has 1 aliphatic carbocycles. The first kappa shape index (κ1) is 21.1. The minimum atomic E-state index is -4.44. The first-order valence-electron chi connectivity index (χ1n) is 9.80. The number of alkyl halides is 3. The Morgan fingerprint density at radius 3 is 2.47 bits per heavy atom. The van der Waals surface area contributed by atoms with Crippen LogP contribution in [-0.4, -0.2) is 44.0 Å². The van der Waals surface area contributed by atoms with Gasteiger partial charge in [0.25, 0.3) is 10.0 Å². The summed E-state index contributed by atoms with van der Waals surface area (Å²) in [7, 11) is -3.75. The Kier molecular flexibility index (Phi) is 5.73. The first-order chi connectivity index (χ1) is 14.3. The first-order valence-corrected chi connectivity index (χ1v) is 11.2. The van der Waals surface area contributed by atoms with Gasteiger partial charge in [-0.05, 0) is 55.0 Å². The number of ether oxygens (including phenoxy) is 1. The van der Waals surface area contributed by atoms with Crippen LogP contribution in [0.1, 0.15) is 29.5 Å². The molecule has 0 saturated carbocycles. The summed E-state index contributed by atoms with van der Waals surface area (Å²) in [4.78, 5) is 4.25. The molecule has 10 heteroatoms. The third-order valence-electron chi connectivity index (χ3n) is 5.39. The maximum Gasteiger partial charge on any atom is 0.416 e. The molecule has 1 fully saturated rings. The van der Waals surface area contributed by atoms with E-state index in [9.17, 15) is 21.6 Å². The quantitative estimate of drug-likeness (QED) is 0.783. The molecule has 1 aromatic heterocycles. The molecule has 0 amide bonds. The number of nitrogens with one attached hydrogen (secondary N) is 1. The Morgan fingerprint density at radius 2 is 1.77 bits per heavy atom. The fraction of sp³-hybridized carbons (Fsp3) is 0.450. The van der Waals surface area contributed by atoms with Crippen molar-refractivity contribution in [2.75, 3.05) is 31.6 Å². The molecule has 0 atom stereocenters. The standard InChI is InChI=1S/C20H22F3N3O3S/c21-20(22,23)14-4-3-5-15(12-14)25-18-13-24-19(17-7-2-1-6-16(17)18)30(27,28)26-8-10-29-11-9-26/h3-5,12-13,25H,1-2,6-11H2. The summed E-state index contributed by atoms with van der Waals surface area (Å²) in [6.07, 6.45) is -0.0913. The smallest absolute Gasteiger partial charge is 0.379 e. The number of rotatable bonds is 4. The van der Waals surface area contributed by atoms with Gasteiger partial charge in [-0.1, -0.05) is 6.07 Å².